The summed E-state index contributed by atoms with van der Waals surface area (Å²) >= 11 is 5.60. The number of nitrogens with one attached hydrogen (secondary N) is 1. The van der Waals surface area contributed by atoms with Crippen LogP contribution in [0.1, 0.15) is 11.9 Å². The van der Waals surface area contributed by atoms with E-state index in [-0.39, 0.29) is 18.6 Å². The van der Waals surface area contributed by atoms with Gasteiger partial charge in [0.1, 0.15) is 18.5 Å². The number of ether oxygens (including phenoxy) is 1. The smallest absolute Gasteiger partial charge is 0.246 e. The lowest BCUT2D eigenvalue weighted by molar-refractivity contribution is -0.134. The highest BCUT2D eigenvalue weighted by Gasteiger charge is 2.22. The van der Waals surface area contributed by atoms with Crippen LogP contribution in [0, 0.1) is 0 Å². The molecule has 13 heavy (non-hydrogen) atoms. The highest BCUT2D eigenvalue weighted by atomic mass is 35.5. The normalized spacial score (nSPS) is 22.8. The summed E-state index contributed by atoms with van der Waals surface area (Å²) in [4.78, 5) is 10.8. The number of hydrogen-bond donors (Lipinski definition) is 1. The van der Waals surface area contributed by atoms with E-state index in [1.807, 2.05) is 0 Å². The molecule has 4 nitrogen and oxygen atoms in total. The average molecular weight is 202 g/mol. The van der Waals surface area contributed by atoms with Gasteiger partial charge in [-0.05, 0) is 23.7 Å². The van der Waals surface area contributed by atoms with Crippen molar-refractivity contribution in [2.24, 2.45) is 0 Å². The molecule has 1 saturated heterocycles. The maximum atomic E-state index is 10.8. The van der Waals surface area contributed by atoms with E-state index in [1.54, 1.807) is 12.1 Å². The summed E-state index contributed by atoms with van der Waals surface area (Å²) in [6, 6.07) is 3.39. The number of furan rings is 1. The lowest BCUT2D eigenvalue weighted by Gasteiger charge is -2.20. The van der Waals surface area contributed by atoms with Crippen molar-refractivity contribution in [2.45, 2.75) is 6.10 Å². The number of halogens is 1. The zero-order chi connectivity index (χ0) is 9.26. The van der Waals surface area contributed by atoms with Crippen LogP contribution in [0.15, 0.2) is 16.5 Å². The average Bonchev–Trinajstić information content (AvgIpc) is 2.53. The van der Waals surface area contributed by atoms with Crippen LogP contribution < -0.4 is 5.32 Å². The Labute approximate surface area is 79.8 Å². The Balaban J connectivity index is 2.06. The van der Waals surface area contributed by atoms with Crippen LogP contribution in [-0.4, -0.2) is 19.1 Å². The van der Waals surface area contributed by atoms with E-state index in [4.69, 9.17) is 20.8 Å². The monoisotopic (exact) mass is 201 g/mol. The highest BCUT2D eigenvalue weighted by molar-refractivity contribution is 6.28. The molecule has 0 spiro atoms. The minimum atomic E-state index is -0.217. The van der Waals surface area contributed by atoms with Crippen molar-refractivity contribution in [3.63, 3.8) is 0 Å². The zero-order valence-corrected chi connectivity index (χ0v) is 7.50. The fourth-order valence-electron chi connectivity index (χ4n) is 1.18. The van der Waals surface area contributed by atoms with E-state index in [0.29, 0.717) is 17.5 Å². The molecule has 0 aliphatic carbocycles. The van der Waals surface area contributed by atoms with Gasteiger partial charge in [-0.3, -0.25) is 4.79 Å². The Hall–Kier alpha value is -1.00. The van der Waals surface area contributed by atoms with E-state index in [9.17, 15) is 4.79 Å². The van der Waals surface area contributed by atoms with E-state index >= 15 is 0 Å². The van der Waals surface area contributed by atoms with Crippen molar-refractivity contribution in [3.05, 3.63) is 23.1 Å². The van der Waals surface area contributed by atoms with Gasteiger partial charge in [-0.25, -0.2) is 0 Å². The summed E-state index contributed by atoms with van der Waals surface area (Å²) in [5, 5.41) is 3.00. The van der Waals surface area contributed by atoms with Gasteiger partial charge >= 0.3 is 0 Å². The topological polar surface area (TPSA) is 51.5 Å². The molecule has 0 saturated carbocycles. The summed E-state index contributed by atoms with van der Waals surface area (Å²) in [5.74, 6) is 0.541. The molecular weight excluding hydrogens is 194 g/mol. The van der Waals surface area contributed by atoms with E-state index < -0.39 is 0 Å². The van der Waals surface area contributed by atoms with Gasteiger partial charge in [-0.1, -0.05) is 0 Å². The third-order valence-corrected chi connectivity index (χ3v) is 2.01. The Morgan fingerprint density at radius 2 is 2.38 bits per heavy atom. The quantitative estimate of drug-likeness (QED) is 0.741. The molecule has 1 aromatic rings. The molecule has 1 atom stereocenters. The van der Waals surface area contributed by atoms with Gasteiger partial charge in [0.25, 0.3) is 0 Å². The van der Waals surface area contributed by atoms with Crippen molar-refractivity contribution >= 4 is 17.5 Å². The lowest BCUT2D eigenvalue weighted by atomic mass is 10.2. The van der Waals surface area contributed by atoms with E-state index in [0.717, 1.165) is 0 Å². The van der Waals surface area contributed by atoms with E-state index in [1.165, 1.54) is 0 Å². The number of carbonyl (C=O) groups excluding carboxylic acids is 1. The summed E-state index contributed by atoms with van der Waals surface area (Å²) < 4.78 is 10.4. The molecule has 2 rings (SSSR count). The van der Waals surface area contributed by atoms with Gasteiger partial charge in [0.05, 0.1) is 6.54 Å². The van der Waals surface area contributed by atoms with Crippen LogP contribution >= 0.6 is 11.6 Å². The van der Waals surface area contributed by atoms with Crippen LogP contribution in [0.3, 0.4) is 0 Å². The third kappa shape index (κ3) is 1.84. The predicted molar refractivity (Wildman–Crippen MR) is 45.4 cm³/mol. The van der Waals surface area contributed by atoms with Crippen LogP contribution in [0.4, 0.5) is 0 Å². The second-order valence-electron chi connectivity index (χ2n) is 2.75. The van der Waals surface area contributed by atoms with Crippen LogP contribution in [0.25, 0.3) is 0 Å². The van der Waals surface area contributed by atoms with Crippen molar-refractivity contribution < 1.29 is 13.9 Å². The van der Waals surface area contributed by atoms with Crippen molar-refractivity contribution in [1.82, 2.24) is 5.32 Å². The first-order valence-corrected chi connectivity index (χ1v) is 4.27. The van der Waals surface area contributed by atoms with Crippen LogP contribution in [0.2, 0.25) is 5.22 Å². The molecule has 1 amide bonds. The molecular formula is C8H8ClNO3. The van der Waals surface area contributed by atoms with Gasteiger partial charge < -0.3 is 14.5 Å². The molecule has 2 heterocycles. The molecule has 0 bridgehead atoms. The number of morpholine rings is 1. The fourth-order valence-corrected chi connectivity index (χ4v) is 1.33. The first-order valence-electron chi connectivity index (χ1n) is 3.89. The summed E-state index contributed by atoms with van der Waals surface area (Å²) in [7, 11) is 0. The number of amides is 1. The zero-order valence-electron chi connectivity index (χ0n) is 6.75. The third-order valence-electron chi connectivity index (χ3n) is 1.81. The molecule has 1 aromatic heterocycles. The van der Waals surface area contributed by atoms with Crippen molar-refractivity contribution in [1.29, 1.82) is 0 Å². The molecule has 1 fully saturated rings. The first kappa shape index (κ1) is 8.59. The molecule has 0 aromatic carbocycles. The van der Waals surface area contributed by atoms with Gasteiger partial charge in [0, 0.05) is 0 Å². The Morgan fingerprint density at radius 1 is 1.54 bits per heavy atom. The number of carbonyl (C=O) groups is 1. The molecule has 1 N–H and O–H groups in total. The summed E-state index contributed by atoms with van der Waals surface area (Å²) in [6.07, 6.45) is -0.217. The summed E-state index contributed by atoms with van der Waals surface area (Å²) in [5.41, 5.74) is 0. The number of rotatable bonds is 1. The molecule has 5 heteroatoms. The minimum absolute atomic E-state index is 0.0724. The Bertz CT molecular complexity index is 313. The molecule has 1 aliphatic heterocycles. The molecule has 1 aliphatic rings. The Kier molecular flexibility index (Phi) is 2.24. The van der Waals surface area contributed by atoms with Crippen molar-refractivity contribution in [3.8, 4) is 0 Å². The van der Waals surface area contributed by atoms with E-state index in [2.05, 4.69) is 5.32 Å². The molecule has 0 radical (unpaired) electrons. The summed E-state index contributed by atoms with van der Waals surface area (Å²) in [6.45, 7) is 0.506. The standard InChI is InChI=1S/C8H8ClNO3/c9-7-2-1-5(13-7)6-3-10-8(11)4-12-6/h1-2,6H,3-4H2,(H,10,11). The van der Waals surface area contributed by atoms with Crippen LogP contribution in [0.5, 0.6) is 0 Å². The van der Waals surface area contributed by atoms with Crippen LogP contribution in [-0.2, 0) is 9.53 Å². The predicted octanol–water partition coefficient (Wildman–Crippen LogP) is 1.12. The van der Waals surface area contributed by atoms with Crippen molar-refractivity contribution in [2.75, 3.05) is 13.2 Å². The largest absolute Gasteiger partial charge is 0.447 e. The van der Waals surface area contributed by atoms with Gasteiger partial charge in [0.15, 0.2) is 5.22 Å². The Morgan fingerprint density at radius 3 is 2.92 bits per heavy atom. The van der Waals surface area contributed by atoms with Gasteiger partial charge in [0.2, 0.25) is 5.91 Å². The molecule has 1 unspecified atom stereocenters. The second kappa shape index (κ2) is 3.40. The molecule has 70 valence electrons. The van der Waals surface area contributed by atoms with Gasteiger partial charge in [-0.2, -0.15) is 0 Å². The lowest BCUT2D eigenvalue weighted by Crippen LogP contribution is -2.38. The number of hydrogen-bond acceptors (Lipinski definition) is 3. The maximum absolute atomic E-state index is 10.8. The SMILES string of the molecule is O=C1COC(c2ccc(Cl)o2)CN1. The fraction of sp³-hybridized carbons (Fsp3) is 0.375. The maximum Gasteiger partial charge on any atom is 0.246 e. The first-order chi connectivity index (χ1) is 6.25. The highest BCUT2D eigenvalue weighted by Crippen LogP contribution is 2.23. The minimum Gasteiger partial charge on any atom is -0.447 e. The second-order valence-corrected chi connectivity index (χ2v) is 3.12. The van der Waals surface area contributed by atoms with Gasteiger partial charge in [-0.15, -0.1) is 0 Å².